The molecule has 0 aromatic heterocycles. The molecule has 1 aromatic carbocycles. The minimum Gasteiger partial charge on any atom is -0.396 e. The molecule has 0 heterocycles. The second kappa shape index (κ2) is 6.60. The maximum absolute atomic E-state index is 13.3. The zero-order chi connectivity index (χ0) is 16.4. The monoisotopic (exact) mass is 381 g/mol. The van der Waals surface area contributed by atoms with Gasteiger partial charge in [0, 0.05) is 17.6 Å². The van der Waals surface area contributed by atoms with Crippen LogP contribution in [-0.2, 0) is 10.0 Å². The van der Waals surface area contributed by atoms with Gasteiger partial charge < -0.3 is 10.6 Å². The molecule has 0 spiro atoms. The van der Waals surface area contributed by atoms with E-state index in [1.165, 1.54) is 0 Å². The van der Waals surface area contributed by atoms with E-state index in [1.807, 2.05) is 32.8 Å². The van der Waals surface area contributed by atoms with Crippen molar-refractivity contribution in [3.8, 4) is 0 Å². The summed E-state index contributed by atoms with van der Waals surface area (Å²) in [7, 11) is 0.0870. The molecule has 1 rings (SSSR count). The summed E-state index contributed by atoms with van der Waals surface area (Å²) in [5, 5.41) is 0. The van der Waals surface area contributed by atoms with Crippen LogP contribution in [0.4, 0.5) is 10.1 Å². The number of nitrogen functional groups attached to an aromatic ring is 1. The van der Waals surface area contributed by atoms with Gasteiger partial charge in [-0.25, -0.2) is 17.5 Å². The van der Waals surface area contributed by atoms with E-state index in [9.17, 15) is 12.8 Å². The Labute approximate surface area is 133 Å². The first kappa shape index (κ1) is 18.3. The zero-order valence-corrected chi connectivity index (χ0v) is 15.0. The highest BCUT2D eigenvalue weighted by molar-refractivity contribution is 9.10. The summed E-state index contributed by atoms with van der Waals surface area (Å²) in [4.78, 5) is 1.92. The van der Waals surface area contributed by atoms with E-state index in [4.69, 9.17) is 5.73 Å². The van der Waals surface area contributed by atoms with Crippen molar-refractivity contribution < 1.29 is 12.8 Å². The van der Waals surface area contributed by atoms with Crippen molar-refractivity contribution in [1.29, 1.82) is 0 Å². The summed E-state index contributed by atoms with van der Waals surface area (Å²) in [6.07, 6.45) is 0. The Morgan fingerprint density at radius 2 is 1.95 bits per heavy atom. The fourth-order valence-electron chi connectivity index (χ4n) is 2.03. The normalized spacial score (nSPS) is 12.9. The second-order valence-electron chi connectivity index (χ2n) is 6.03. The molecule has 0 unspecified atom stereocenters. The van der Waals surface area contributed by atoms with Crippen molar-refractivity contribution in [2.45, 2.75) is 18.7 Å². The summed E-state index contributed by atoms with van der Waals surface area (Å²) in [6.45, 7) is 4.91. The molecule has 0 saturated heterocycles. The van der Waals surface area contributed by atoms with Crippen LogP contribution in [0.5, 0.6) is 0 Å². The molecule has 0 bridgehead atoms. The number of sulfonamides is 1. The van der Waals surface area contributed by atoms with E-state index in [0.717, 1.165) is 18.7 Å². The van der Waals surface area contributed by atoms with Gasteiger partial charge in [0.2, 0.25) is 10.0 Å². The van der Waals surface area contributed by atoms with E-state index < -0.39 is 15.8 Å². The number of hydrogen-bond donors (Lipinski definition) is 2. The molecular weight excluding hydrogens is 361 g/mol. The van der Waals surface area contributed by atoms with Crippen LogP contribution in [0.3, 0.4) is 0 Å². The first-order valence-electron chi connectivity index (χ1n) is 6.33. The molecule has 120 valence electrons. The Kier molecular flexibility index (Phi) is 5.76. The summed E-state index contributed by atoms with van der Waals surface area (Å²) in [5.74, 6) is -0.659. The Morgan fingerprint density at radius 3 is 2.48 bits per heavy atom. The third-order valence-corrected chi connectivity index (χ3v) is 5.19. The van der Waals surface area contributed by atoms with Gasteiger partial charge in [-0.3, -0.25) is 0 Å². The van der Waals surface area contributed by atoms with Gasteiger partial charge in [0.1, 0.15) is 5.82 Å². The second-order valence-corrected chi connectivity index (χ2v) is 8.62. The predicted octanol–water partition coefficient (Wildman–Crippen LogP) is 2.04. The van der Waals surface area contributed by atoms with Crippen molar-refractivity contribution in [2.24, 2.45) is 5.41 Å². The third kappa shape index (κ3) is 5.21. The highest BCUT2D eigenvalue weighted by Gasteiger charge is 2.25. The molecule has 21 heavy (non-hydrogen) atoms. The Bertz CT molecular complexity index is 618. The number of nitrogens with two attached hydrogens (primary N) is 1. The fraction of sp³-hybridized carbons (Fsp3) is 0.538. The van der Waals surface area contributed by atoms with Crippen LogP contribution in [0.15, 0.2) is 21.5 Å². The summed E-state index contributed by atoms with van der Waals surface area (Å²) in [6, 6.07) is 2.16. The topological polar surface area (TPSA) is 75.4 Å². The van der Waals surface area contributed by atoms with Crippen LogP contribution < -0.4 is 10.5 Å². The number of hydrogen-bond acceptors (Lipinski definition) is 4. The molecule has 8 heteroatoms. The smallest absolute Gasteiger partial charge is 0.241 e. The van der Waals surface area contributed by atoms with Gasteiger partial charge in [-0.05, 0) is 47.6 Å². The van der Waals surface area contributed by atoms with Crippen LogP contribution in [0.2, 0.25) is 0 Å². The van der Waals surface area contributed by atoms with Crippen LogP contribution in [0.25, 0.3) is 0 Å². The number of nitrogens with zero attached hydrogens (tertiary/aromatic N) is 1. The van der Waals surface area contributed by atoms with Crippen LogP contribution in [0, 0.1) is 11.2 Å². The highest BCUT2D eigenvalue weighted by Crippen LogP contribution is 2.27. The third-order valence-electron chi connectivity index (χ3n) is 2.83. The number of nitrogens with one attached hydrogen (secondary N) is 1. The molecule has 0 saturated carbocycles. The highest BCUT2D eigenvalue weighted by atomic mass is 79.9. The zero-order valence-electron chi connectivity index (χ0n) is 12.6. The van der Waals surface area contributed by atoms with Crippen molar-refractivity contribution in [1.82, 2.24) is 9.62 Å². The number of halogens is 2. The lowest BCUT2D eigenvalue weighted by atomic mass is 9.93. The maximum Gasteiger partial charge on any atom is 0.241 e. The molecule has 0 aliphatic heterocycles. The molecule has 3 N–H and O–H groups in total. The standard InChI is InChI=1S/C13H21BrFN3O2S/c1-13(2,8-18(3)4)7-17-21(19,20)12-6-11(16)10(15)5-9(12)14/h5-6,17H,7-8,16H2,1-4H3. The molecule has 0 aliphatic rings. The van der Waals surface area contributed by atoms with E-state index in [0.29, 0.717) is 0 Å². The average Bonchev–Trinajstić information content (AvgIpc) is 2.30. The molecule has 1 aromatic rings. The molecule has 0 amide bonds. The lowest BCUT2D eigenvalue weighted by molar-refractivity contribution is 0.242. The van der Waals surface area contributed by atoms with Crippen molar-refractivity contribution in [2.75, 3.05) is 32.9 Å². The number of benzene rings is 1. The van der Waals surface area contributed by atoms with Gasteiger partial charge in [-0.15, -0.1) is 0 Å². The number of rotatable bonds is 6. The largest absolute Gasteiger partial charge is 0.396 e. The van der Waals surface area contributed by atoms with Gasteiger partial charge in [0.25, 0.3) is 0 Å². The average molecular weight is 382 g/mol. The van der Waals surface area contributed by atoms with E-state index in [-0.39, 0.29) is 27.0 Å². The molecular formula is C13H21BrFN3O2S. The Morgan fingerprint density at radius 1 is 1.38 bits per heavy atom. The molecule has 0 radical (unpaired) electrons. The SMILES string of the molecule is CN(C)CC(C)(C)CNS(=O)(=O)c1cc(N)c(F)cc1Br. The fourth-order valence-corrected chi connectivity index (χ4v) is 4.32. The van der Waals surface area contributed by atoms with Gasteiger partial charge in [-0.2, -0.15) is 0 Å². The van der Waals surface area contributed by atoms with Gasteiger partial charge in [0.05, 0.1) is 10.6 Å². The minimum atomic E-state index is -3.76. The van der Waals surface area contributed by atoms with Crippen LogP contribution in [0.1, 0.15) is 13.8 Å². The predicted molar refractivity (Wildman–Crippen MR) is 86.0 cm³/mol. The summed E-state index contributed by atoms with van der Waals surface area (Å²) in [5.41, 5.74) is 5.00. The van der Waals surface area contributed by atoms with Gasteiger partial charge in [-0.1, -0.05) is 13.8 Å². The van der Waals surface area contributed by atoms with Crippen molar-refractivity contribution >= 4 is 31.6 Å². The van der Waals surface area contributed by atoms with Crippen molar-refractivity contribution in [3.63, 3.8) is 0 Å². The van der Waals surface area contributed by atoms with Crippen molar-refractivity contribution in [3.05, 3.63) is 22.4 Å². The Balaban J connectivity index is 2.95. The van der Waals surface area contributed by atoms with Crippen LogP contribution >= 0.6 is 15.9 Å². The molecule has 5 nitrogen and oxygen atoms in total. The molecule has 0 fully saturated rings. The maximum atomic E-state index is 13.3. The quantitative estimate of drug-likeness (QED) is 0.739. The minimum absolute atomic E-state index is 0.0675. The van der Waals surface area contributed by atoms with Gasteiger partial charge in [0.15, 0.2) is 0 Å². The van der Waals surface area contributed by atoms with Gasteiger partial charge >= 0.3 is 0 Å². The summed E-state index contributed by atoms with van der Waals surface area (Å²) >= 11 is 3.05. The number of anilines is 1. The van der Waals surface area contributed by atoms with E-state index in [1.54, 1.807) is 0 Å². The van der Waals surface area contributed by atoms with Crippen LogP contribution in [-0.4, -0.2) is 40.5 Å². The Hall–Kier alpha value is -0.700. The first-order valence-corrected chi connectivity index (χ1v) is 8.61. The molecule has 0 aliphatic carbocycles. The van der Waals surface area contributed by atoms with E-state index in [2.05, 4.69) is 20.7 Å². The first-order chi connectivity index (χ1) is 9.44. The van der Waals surface area contributed by atoms with E-state index >= 15 is 0 Å². The molecule has 0 atom stereocenters. The lowest BCUT2D eigenvalue weighted by Crippen LogP contribution is -2.40. The summed E-state index contributed by atoms with van der Waals surface area (Å²) < 4.78 is 40.6. The lowest BCUT2D eigenvalue weighted by Gasteiger charge is -2.28.